The number of hydrogen-bond donors (Lipinski definition) is 3. The molecule has 0 amide bonds. The molecule has 3 N–H and O–H groups in total. The molecule has 1 saturated heterocycles. The number of aliphatic carboxylic acids is 1. The van der Waals surface area contributed by atoms with Crippen LogP contribution in [-0.4, -0.2) is 73.3 Å². The summed E-state index contributed by atoms with van der Waals surface area (Å²) in [5.74, 6) is 1.17. The molecule has 1 fully saturated rings. The van der Waals surface area contributed by atoms with E-state index in [9.17, 15) is 4.79 Å². The quantitative estimate of drug-likeness (QED) is 0.287. The fourth-order valence-corrected chi connectivity index (χ4v) is 6.18. The van der Waals surface area contributed by atoms with Crippen LogP contribution in [0.3, 0.4) is 0 Å². The smallest absolute Gasteiger partial charge is 0.317 e. The van der Waals surface area contributed by atoms with Gasteiger partial charge in [-0.15, -0.1) is 0 Å². The number of nitrogens with one attached hydrogen (secondary N) is 2. The van der Waals surface area contributed by atoms with Gasteiger partial charge in [-0.2, -0.15) is 10.1 Å². The van der Waals surface area contributed by atoms with Crippen LogP contribution in [0.1, 0.15) is 35.1 Å². The summed E-state index contributed by atoms with van der Waals surface area (Å²) in [6, 6.07) is 12.8. The largest absolute Gasteiger partial charge is 0.480 e. The Labute approximate surface area is 240 Å². The molecule has 0 atom stereocenters. The van der Waals surface area contributed by atoms with Gasteiger partial charge in [-0.3, -0.25) is 14.6 Å². The Hall–Kier alpha value is -4.02. The van der Waals surface area contributed by atoms with E-state index in [1.54, 1.807) is 4.68 Å². The van der Waals surface area contributed by atoms with Gasteiger partial charge in [-0.25, -0.2) is 9.67 Å². The molecule has 2 aromatic carbocycles. The SMILES string of the molecule is Cc1cccc(C)c1Nc1nn(C)c2nc(Nc3ccc4c(c3)CN(CC3CCN(CC(=O)O)CC3)CC4)ncc12. The number of para-hydroxylation sites is 1. The summed E-state index contributed by atoms with van der Waals surface area (Å²) in [6.07, 6.45) is 5.00. The summed E-state index contributed by atoms with van der Waals surface area (Å²) < 4.78 is 1.79. The van der Waals surface area contributed by atoms with E-state index < -0.39 is 5.97 Å². The molecule has 214 valence electrons. The summed E-state index contributed by atoms with van der Waals surface area (Å²) in [5, 5.41) is 21.5. The van der Waals surface area contributed by atoms with E-state index in [4.69, 9.17) is 10.1 Å². The van der Waals surface area contributed by atoms with Crippen molar-refractivity contribution in [1.29, 1.82) is 0 Å². The number of likely N-dealkylation sites (tertiary alicyclic amines) is 1. The third-order valence-electron chi connectivity index (χ3n) is 8.44. The number of carboxylic acids is 1. The van der Waals surface area contributed by atoms with E-state index in [1.165, 1.54) is 11.1 Å². The topological polar surface area (TPSA) is 111 Å². The number of fused-ring (bicyclic) bond motifs is 2. The van der Waals surface area contributed by atoms with Gasteiger partial charge in [0.2, 0.25) is 5.95 Å². The van der Waals surface area contributed by atoms with Crippen molar-refractivity contribution in [2.75, 3.05) is 43.4 Å². The zero-order valence-corrected chi connectivity index (χ0v) is 24.0. The molecule has 10 heteroatoms. The second-order valence-corrected chi connectivity index (χ2v) is 11.5. The van der Waals surface area contributed by atoms with Gasteiger partial charge >= 0.3 is 5.97 Å². The van der Waals surface area contributed by atoms with Gasteiger partial charge in [-0.1, -0.05) is 24.3 Å². The summed E-state index contributed by atoms with van der Waals surface area (Å²) in [7, 11) is 1.90. The molecule has 4 aromatic rings. The number of hydrogen-bond acceptors (Lipinski definition) is 8. The van der Waals surface area contributed by atoms with Crippen LogP contribution >= 0.6 is 0 Å². The lowest BCUT2D eigenvalue weighted by Gasteiger charge is -2.36. The van der Waals surface area contributed by atoms with Gasteiger partial charge in [0, 0.05) is 44.3 Å². The number of anilines is 4. The van der Waals surface area contributed by atoms with Crippen molar-refractivity contribution in [2.45, 2.75) is 39.7 Å². The molecule has 0 aliphatic carbocycles. The predicted octanol–water partition coefficient (Wildman–Crippen LogP) is 4.62. The summed E-state index contributed by atoms with van der Waals surface area (Å²) in [5.41, 5.74) is 7.85. The second-order valence-electron chi connectivity index (χ2n) is 11.5. The first-order valence-corrected chi connectivity index (χ1v) is 14.4. The van der Waals surface area contributed by atoms with Crippen molar-refractivity contribution in [3.8, 4) is 0 Å². The van der Waals surface area contributed by atoms with E-state index in [0.29, 0.717) is 11.9 Å². The number of carbonyl (C=O) groups is 1. The van der Waals surface area contributed by atoms with Gasteiger partial charge in [0.05, 0.1) is 11.9 Å². The van der Waals surface area contributed by atoms with Crippen LogP contribution in [0.5, 0.6) is 0 Å². The Bertz CT molecular complexity index is 1550. The second kappa shape index (κ2) is 11.5. The third-order valence-corrected chi connectivity index (χ3v) is 8.44. The van der Waals surface area contributed by atoms with Gasteiger partial charge in [0.1, 0.15) is 0 Å². The van der Waals surface area contributed by atoms with Crippen LogP contribution in [0.15, 0.2) is 42.6 Å². The third kappa shape index (κ3) is 6.03. The zero-order chi connectivity index (χ0) is 28.5. The first-order valence-electron chi connectivity index (χ1n) is 14.4. The first kappa shape index (κ1) is 27.2. The van der Waals surface area contributed by atoms with Gasteiger partial charge in [0.15, 0.2) is 11.5 Å². The highest BCUT2D eigenvalue weighted by molar-refractivity contribution is 5.90. The van der Waals surface area contributed by atoms with Crippen molar-refractivity contribution in [2.24, 2.45) is 13.0 Å². The Morgan fingerprint density at radius 2 is 1.80 bits per heavy atom. The van der Waals surface area contributed by atoms with Crippen molar-refractivity contribution < 1.29 is 9.90 Å². The van der Waals surface area contributed by atoms with Crippen molar-refractivity contribution in [1.82, 2.24) is 29.5 Å². The molecule has 0 radical (unpaired) electrons. The van der Waals surface area contributed by atoms with Crippen molar-refractivity contribution >= 4 is 40.1 Å². The van der Waals surface area contributed by atoms with Gasteiger partial charge in [-0.05, 0) is 86.5 Å². The number of aryl methyl sites for hydroxylation is 3. The van der Waals surface area contributed by atoms with Crippen LogP contribution in [-0.2, 0) is 24.8 Å². The monoisotopic (exact) mass is 554 g/mol. The fraction of sp³-hybridized carbons (Fsp3) is 0.419. The molecule has 2 aliphatic heterocycles. The average molecular weight is 555 g/mol. The molecule has 0 bridgehead atoms. The van der Waals surface area contributed by atoms with E-state index >= 15 is 0 Å². The predicted molar refractivity (Wildman–Crippen MR) is 161 cm³/mol. The highest BCUT2D eigenvalue weighted by Crippen LogP contribution is 2.30. The van der Waals surface area contributed by atoms with Crippen LogP contribution in [0, 0.1) is 19.8 Å². The molecule has 10 nitrogen and oxygen atoms in total. The minimum atomic E-state index is -0.735. The first-order chi connectivity index (χ1) is 19.8. The van der Waals surface area contributed by atoms with Crippen LogP contribution in [0.4, 0.5) is 23.1 Å². The van der Waals surface area contributed by atoms with Crippen LogP contribution < -0.4 is 10.6 Å². The van der Waals surface area contributed by atoms with Crippen LogP contribution in [0.25, 0.3) is 11.0 Å². The molecule has 41 heavy (non-hydrogen) atoms. The maximum atomic E-state index is 11.0. The maximum absolute atomic E-state index is 11.0. The standard InChI is InChI=1S/C31H38N8O2/c1-20-5-4-6-21(2)28(20)34-29-26-16-32-31(35-30(26)37(3)36-29)33-25-8-7-23-11-14-39(18-24(23)15-25)17-22-9-12-38(13-10-22)19-27(40)41/h4-8,15-16,22H,9-14,17-19H2,1-3H3,(H,34,36)(H,40,41)(H,32,33,35). The summed E-state index contributed by atoms with van der Waals surface area (Å²) in [6.45, 7) is 9.13. The number of rotatable bonds is 8. The lowest BCUT2D eigenvalue weighted by molar-refractivity contribution is -0.138. The molecule has 2 aromatic heterocycles. The Morgan fingerprint density at radius 1 is 1.02 bits per heavy atom. The van der Waals surface area contributed by atoms with E-state index in [0.717, 1.165) is 91.3 Å². The van der Waals surface area contributed by atoms with Crippen molar-refractivity contribution in [3.05, 3.63) is 64.8 Å². The Kier molecular flexibility index (Phi) is 7.59. The average Bonchev–Trinajstić information content (AvgIpc) is 3.25. The highest BCUT2D eigenvalue weighted by Gasteiger charge is 2.25. The van der Waals surface area contributed by atoms with Crippen molar-refractivity contribution in [3.63, 3.8) is 0 Å². The molecule has 0 saturated carbocycles. The number of carboxylic acid groups (broad SMARTS) is 1. The molecule has 6 rings (SSSR count). The van der Waals surface area contributed by atoms with E-state index in [-0.39, 0.29) is 6.54 Å². The number of aromatic nitrogens is 4. The fourth-order valence-electron chi connectivity index (χ4n) is 6.18. The van der Waals surface area contributed by atoms with E-state index in [1.807, 2.05) is 13.2 Å². The number of benzene rings is 2. The summed E-state index contributed by atoms with van der Waals surface area (Å²) >= 11 is 0. The molecule has 4 heterocycles. The van der Waals surface area contributed by atoms with Gasteiger partial charge < -0.3 is 15.7 Å². The van der Waals surface area contributed by atoms with Gasteiger partial charge in [0.25, 0.3) is 0 Å². The normalized spacial score (nSPS) is 16.6. The lowest BCUT2D eigenvalue weighted by Crippen LogP contribution is -2.41. The van der Waals surface area contributed by atoms with Crippen LogP contribution in [0.2, 0.25) is 0 Å². The molecule has 2 aliphatic rings. The highest BCUT2D eigenvalue weighted by atomic mass is 16.4. The lowest BCUT2D eigenvalue weighted by atomic mass is 9.93. The van der Waals surface area contributed by atoms with E-state index in [2.05, 4.69) is 80.8 Å². The number of piperidine rings is 1. The molecule has 0 unspecified atom stereocenters. The molecule has 0 spiro atoms. The number of nitrogens with zero attached hydrogens (tertiary/aromatic N) is 6. The Morgan fingerprint density at radius 3 is 2.56 bits per heavy atom. The molecular weight excluding hydrogens is 516 g/mol. The Balaban J connectivity index is 1.12. The minimum absolute atomic E-state index is 0.155. The maximum Gasteiger partial charge on any atom is 0.317 e. The minimum Gasteiger partial charge on any atom is -0.480 e. The zero-order valence-electron chi connectivity index (χ0n) is 24.0. The summed E-state index contributed by atoms with van der Waals surface area (Å²) in [4.78, 5) is 25.0. The molecular formula is C31H38N8O2.